The van der Waals surface area contributed by atoms with Gasteiger partial charge in [0.1, 0.15) is 0 Å². The summed E-state index contributed by atoms with van der Waals surface area (Å²) in [7, 11) is 0. The maximum absolute atomic E-state index is 13.4. The van der Waals surface area contributed by atoms with Crippen molar-refractivity contribution in [2.75, 3.05) is 36.4 Å². The number of carbonyl (C=O) groups is 1. The molecular weight excluding hydrogens is 406 g/mol. The van der Waals surface area contributed by atoms with Crippen LogP contribution in [0.5, 0.6) is 0 Å². The minimum absolute atomic E-state index is 0.0737. The van der Waals surface area contributed by atoms with Gasteiger partial charge in [0.25, 0.3) is 5.91 Å². The van der Waals surface area contributed by atoms with Crippen molar-refractivity contribution < 1.29 is 4.79 Å². The first kappa shape index (κ1) is 23.1. The standard InChI is InChI=1S/C29H35N3O/c1-20(2)22-8-10-23(11-9-22)28-26(21(3)4)6-5-7-27(28)29(33)31-24-12-14-25(15-13-24)32-18-16-30-17-19-32/h5-15,20-21,30H,16-19H2,1-4H3,(H,31,33). The van der Waals surface area contributed by atoms with E-state index in [0.717, 1.165) is 43.0 Å². The van der Waals surface area contributed by atoms with Crippen molar-refractivity contribution in [3.63, 3.8) is 0 Å². The Bertz CT molecular complexity index is 1080. The first-order valence-corrected chi connectivity index (χ1v) is 12.0. The number of amides is 1. The predicted octanol–water partition coefficient (Wildman–Crippen LogP) is 6.26. The molecule has 0 spiro atoms. The van der Waals surface area contributed by atoms with Gasteiger partial charge in [-0.2, -0.15) is 0 Å². The van der Waals surface area contributed by atoms with Gasteiger partial charge in [0.05, 0.1) is 0 Å². The normalized spacial score (nSPS) is 14.1. The molecule has 0 saturated carbocycles. The lowest BCUT2D eigenvalue weighted by molar-refractivity contribution is 0.102. The van der Waals surface area contributed by atoms with Crippen molar-refractivity contribution >= 4 is 17.3 Å². The van der Waals surface area contributed by atoms with Crippen molar-refractivity contribution in [1.29, 1.82) is 0 Å². The van der Waals surface area contributed by atoms with Gasteiger partial charge in [0, 0.05) is 43.1 Å². The van der Waals surface area contributed by atoms with Crippen molar-refractivity contribution in [2.45, 2.75) is 39.5 Å². The fourth-order valence-corrected chi connectivity index (χ4v) is 4.47. The van der Waals surface area contributed by atoms with Crippen LogP contribution in [0.1, 0.15) is 61.0 Å². The largest absolute Gasteiger partial charge is 0.369 e. The third-order valence-electron chi connectivity index (χ3n) is 6.44. The minimum atomic E-state index is -0.0737. The van der Waals surface area contributed by atoms with E-state index in [1.54, 1.807) is 0 Å². The Morgan fingerprint density at radius 2 is 1.52 bits per heavy atom. The van der Waals surface area contributed by atoms with Crippen LogP contribution in [0.15, 0.2) is 66.7 Å². The van der Waals surface area contributed by atoms with Gasteiger partial charge in [0.15, 0.2) is 0 Å². The Morgan fingerprint density at radius 3 is 2.12 bits per heavy atom. The monoisotopic (exact) mass is 441 g/mol. The van der Waals surface area contributed by atoms with Crippen LogP contribution in [0.2, 0.25) is 0 Å². The lowest BCUT2D eigenvalue weighted by Gasteiger charge is -2.29. The average molecular weight is 442 g/mol. The number of piperazine rings is 1. The van der Waals surface area contributed by atoms with Crippen LogP contribution in [-0.2, 0) is 0 Å². The van der Waals surface area contributed by atoms with Gasteiger partial charge >= 0.3 is 0 Å². The highest BCUT2D eigenvalue weighted by Gasteiger charge is 2.19. The number of rotatable bonds is 6. The molecule has 1 aliphatic heterocycles. The first-order valence-electron chi connectivity index (χ1n) is 12.0. The molecule has 4 nitrogen and oxygen atoms in total. The fraction of sp³-hybridized carbons (Fsp3) is 0.345. The lowest BCUT2D eigenvalue weighted by Crippen LogP contribution is -2.43. The van der Waals surface area contributed by atoms with Crippen molar-refractivity contribution in [1.82, 2.24) is 5.32 Å². The summed E-state index contributed by atoms with van der Waals surface area (Å²) in [5.74, 6) is 0.720. The lowest BCUT2D eigenvalue weighted by atomic mass is 9.87. The molecule has 0 aromatic heterocycles. The fourth-order valence-electron chi connectivity index (χ4n) is 4.47. The molecule has 0 aliphatic carbocycles. The van der Waals surface area contributed by atoms with E-state index in [0.29, 0.717) is 17.4 Å². The molecule has 0 unspecified atom stereocenters. The number of hydrogen-bond acceptors (Lipinski definition) is 3. The first-order chi connectivity index (χ1) is 15.9. The van der Waals surface area contributed by atoms with E-state index < -0.39 is 0 Å². The van der Waals surface area contributed by atoms with Gasteiger partial charge < -0.3 is 15.5 Å². The Kier molecular flexibility index (Phi) is 7.14. The van der Waals surface area contributed by atoms with E-state index >= 15 is 0 Å². The third kappa shape index (κ3) is 5.28. The quantitative estimate of drug-likeness (QED) is 0.474. The highest BCUT2D eigenvalue weighted by Crippen LogP contribution is 2.34. The highest BCUT2D eigenvalue weighted by atomic mass is 16.1. The molecule has 3 aromatic rings. The van der Waals surface area contributed by atoms with Gasteiger partial charge in [-0.05, 0) is 64.4 Å². The van der Waals surface area contributed by atoms with E-state index in [9.17, 15) is 4.79 Å². The summed E-state index contributed by atoms with van der Waals surface area (Å²) in [6.45, 7) is 12.8. The molecule has 1 saturated heterocycles. The van der Waals surface area contributed by atoms with Crippen LogP contribution in [-0.4, -0.2) is 32.1 Å². The molecule has 1 aliphatic rings. The zero-order valence-electron chi connectivity index (χ0n) is 20.2. The Hall–Kier alpha value is -3.11. The maximum Gasteiger partial charge on any atom is 0.256 e. The molecule has 0 bridgehead atoms. The SMILES string of the molecule is CC(C)c1ccc(-c2c(C(=O)Nc3ccc(N4CCNCC4)cc3)cccc2C(C)C)cc1. The van der Waals surface area contributed by atoms with Crippen LogP contribution in [0.4, 0.5) is 11.4 Å². The number of anilines is 2. The molecule has 4 heteroatoms. The number of benzene rings is 3. The molecule has 0 atom stereocenters. The summed E-state index contributed by atoms with van der Waals surface area (Å²) < 4.78 is 0. The van der Waals surface area contributed by atoms with Crippen molar-refractivity contribution in [3.05, 3.63) is 83.4 Å². The van der Waals surface area contributed by atoms with E-state index in [4.69, 9.17) is 0 Å². The Morgan fingerprint density at radius 1 is 0.848 bits per heavy atom. The van der Waals surface area contributed by atoms with E-state index in [-0.39, 0.29) is 5.91 Å². The Labute approximate surface area is 198 Å². The molecule has 0 radical (unpaired) electrons. The number of hydrogen-bond donors (Lipinski definition) is 2. The molecule has 4 rings (SSSR count). The van der Waals surface area contributed by atoms with Crippen molar-refractivity contribution in [2.24, 2.45) is 0 Å². The summed E-state index contributed by atoms with van der Waals surface area (Å²) >= 11 is 0. The van der Waals surface area contributed by atoms with Gasteiger partial charge in [-0.25, -0.2) is 0 Å². The summed E-state index contributed by atoms with van der Waals surface area (Å²) in [5, 5.41) is 6.51. The summed E-state index contributed by atoms with van der Waals surface area (Å²) in [6, 6.07) is 22.9. The maximum atomic E-state index is 13.4. The van der Waals surface area contributed by atoms with Gasteiger partial charge in [-0.15, -0.1) is 0 Å². The van der Waals surface area contributed by atoms with Crippen LogP contribution in [0, 0.1) is 0 Å². The minimum Gasteiger partial charge on any atom is -0.369 e. The predicted molar refractivity (Wildman–Crippen MR) is 140 cm³/mol. The van der Waals surface area contributed by atoms with Crippen LogP contribution in [0.25, 0.3) is 11.1 Å². The van der Waals surface area contributed by atoms with Crippen molar-refractivity contribution in [3.8, 4) is 11.1 Å². The second kappa shape index (κ2) is 10.2. The van der Waals surface area contributed by atoms with Crippen LogP contribution < -0.4 is 15.5 Å². The van der Waals surface area contributed by atoms with Crippen LogP contribution in [0.3, 0.4) is 0 Å². The second-order valence-corrected chi connectivity index (χ2v) is 9.44. The number of carbonyl (C=O) groups excluding carboxylic acids is 1. The van der Waals surface area contributed by atoms with Gasteiger partial charge in [0.2, 0.25) is 0 Å². The smallest absolute Gasteiger partial charge is 0.256 e. The molecule has 33 heavy (non-hydrogen) atoms. The van der Waals surface area contributed by atoms with Gasteiger partial charge in [-0.3, -0.25) is 4.79 Å². The molecule has 1 amide bonds. The number of nitrogens with one attached hydrogen (secondary N) is 2. The second-order valence-electron chi connectivity index (χ2n) is 9.44. The molecular formula is C29H35N3O. The number of nitrogens with zero attached hydrogens (tertiary/aromatic N) is 1. The summed E-state index contributed by atoms with van der Waals surface area (Å²) in [5.41, 5.74) is 7.33. The topological polar surface area (TPSA) is 44.4 Å². The van der Waals surface area contributed by atoms with E-state index in [1.807, 2.05) is 24.3 Å². The summed E-state index contributed by atoms with van der Waals surface area (Å²) in [4.78, 5) is 15.8. The third-order valence-corrected chi connectivity index (χ3v) is 6.44. The highest BCUT2D eigenvalue weighted by molar-refractivity contribution is 6.09. The van der Waals surface area contributed by atoms with Crippen LogP contribution >= 0.6 is 0 Å². The molecule has 2 N–H and O–H groups in total. The molecule has 1 heterocycles. The zero-order chi connectivity index (χ0) is 23.4. The van der Waals surface area contributed by atoms with E-state index in [1.165, 1.54) is 16.8 Å². The summed E-state index contributed by atoms with van der Waals surface area (Å²) in [6.07, 6.45) is 0. The Balaban J connectivity index is 1.61. The average Bonchev–Trinajstić information content (AvgIpc) is 2.84. The molecule has 3 aromatic carbocycles. The molecule has 1 fully saturated rings. The zero-order valence-corrected chi connectivity index (χ0v) is 20.2. The van der Waals surface area contributed by atoms with E-state index in [2.05, 4.69) is 85.7 Å². The molecule has 172 valence electrons. The van der Waals surface area contributed by atoms with Gasteiger partial charge in [-0.1, -0.05) is 64.1 Å².